The molecule has 78 valence electrons. The molecular weight excluding hydrogens is 192 g/mol. The summed E-state index contributed by atoms with van der Waals surface area (Å²) < 4.78 is 0. The van der Waals surface area contributed by atoms with Gasteiger partial charge in [-0.3, -0.25) is 0 Å². The molecule has 0 saturated heterocycles. The summed E-state index contributed by atoms with van der Waals surface area (Å²) in [6, 6.07) is 6.03. The molecule has 1 N–H and O–H groups in total. The van der Waals surface area contributed by atoms with Crippen molar-refractivity contribution < 1.29 is 0 Å². The predicted octanol–water partition coefficient (Wildman–Crippen LogP) is 2.56. The Hall–Kier alpha value is -0.540. The fourth-order valence-corrected chi connectivity index (χ4v) is 2.04. The van der Waals surface area contributed by atoms with E-state index in [0.29, 0.717) is 5.25 Å². The maximum absolute atomic E-state index is 4.28. The lowest BCUT2D eigenvalue weighted by Gasteiger charge is -2.10. The van der Waals surface area contributed by atoms with Crippen LogP contribution in [-0.2, 0) is 0 Å². The van der Waals surface area contributed by atoms with Gasteiger partial charge < -0.3 is 5.32 Å². The van der Waals surface area contributed by atoms with Crippen molar-refractivity contribution in [3.8, 4) is 0 Å². The van der Waals surface area contributed by atoms with Crippen molar-refractivity contribution in [3.63, 3.8) is 0 Å². The summed E-state index contributed by atoms with van der Waals surface area (Å²) in [4.78, 5) is 4.28. The van der Waals surface area contributed by atoms with E-state index in [9.17, 15) is 0 Å². The van der Waals surface area contributed by atoms with Crippen LogP contribution in [0.3, 0.4) is 0 Å². The molecule has 0 amide bonds. The van der Waals surface area contributed by atoms with Crippen LogP contribution >= 0.6 is 11.8 Å². The SMILES string of the molecule is CCCNCC(C)Sc1ccccn1. The number of rotatable bonds is 6. The Labute approximate surface area is 90.5 Å². The van der Waals surface area contributed by atoms with Gasteiger partial charge in [-0.1, -0.05) is 19.9 Å². The number of hydrogen-bond donors (Lipinski definition) is 1. The van der Waals surface area contributed by atoms with E-state index in [0.717, 1.165) is 18.1 Å². The number of nitrogens with zero attached hydrogens (tertiary/aromatic N) is 1. The molecule has 1 rings (SSSR count). The van der Waals surface area contributed by atoms with Crippen LogP contribution in [0.2, 0.25) is 0 Å². The quantitative estimate of drug-likeness (QED) is 0.577. The van der Waals surface area contributed by atoms with Crippen molar-refractivity contribution in [3.05, 3.63) is 24.4 Å². The van der Waals surface area contributed by atoms with Crippen LogP contribution in [0.25, 0.3) is 0 Å². The first-order valence-electron chi connectivity index (χ1n) is 5.11. The average Bonchev–Trinajstić information content (AvgIpc) is 2.20. The Bertz CT molecular complexity index is 238. The van der Waals surface area contributed by atoms with Gasteiger partial charge in [-0.25, -0.2) is 4.98 Å². The highest BCUT2D eigenvalue weighted by molar-refractivity contribution is 7.99. The van der Waals surface area contributed by atoms with E-state index in [2.05, 4.69) is 30.2 Å². The monoisotopic (exact) mass is 210 g/mol. The third-order valence-electron chi connectivity index (χ3n) is 1.82. The number of hydrogen-bond acceptors (Lipinski definition) is 3. The summed E-state index contributed by atoms with van der Waals surface area (Å²) in [5, 5.41) is 5.10. The van der Waals surface area contributed by atoms with Crippen molar-refractivity contribution in [1.29, 1.82) is 0 Å². The zero-order valence-electron chi connectivity index (χ0n) is 8.86. The Balaban J connectivity index is 2.23. The molecule has 0 aliphatic carbocycles. The van der Waals surface area contributed by atoms with Gasteiger partial charge in [0, 0.05) is 18.0 Å². The lowest BCUT2D eigenvalue weighted by molar-refractivity contribution is 0.668. The molecule has 3 heteroatoms. The van der Waals surface area contributed by atoms with Crippen LogP contribution in [-0.4, -0.2) is 23.3 Å². The fourth-order valence-electron chi connectivity index (χ4n) is 1.15. The molecule has 0 radical (unpaired) electrons. The Kier molecular flexibility index (Phi) is 5.64. The molecule has 1 heterocycles. The second-order valence-corrected chi connectivity index (χ2v) is 4.76. The van der Waals surface area contributed by atoms with Crippen LogP contribution < -0.4 is 5.32 Å². The summed E-state index contributed by atoms with van der Waals surface area (Å²) in [6.45, 7) is 6.56. The van der Waals surface area contributed by atoms with Crippen LogP contribution in [0.1, 0.15) is 20.3 Å². The van der Waals surface area contributed by atoms with Crippen LogP contribution in [0.5, 0.6) is 0 Å². The molecule has 0 aliphatic rings. The van der Waals surface area contributed by atoms with E-state index in [1.165, 1.54) is 6.42 Å². The topological polar surface area (TPSA) is 24.9 Å². The molecule has 2 nitrogen and oxygen atoms in total. The normalized spacial score (nSPS) is 12.7. The van der Waals surface area contributed by atoms with E-state index >= 15 is 0 Å². The van der Waals surface area contributed by atoms with Gasteiger partial charge >= 0.3 is 0 Å². The molecule has 1 aromatic heterocycles. The van der Waals surface area contributed by atoms with E-state index in [1.54, 1.807) is 0 Å². The number of nitrogens with one attached hydrogen (secondary N) is 1. The zero-order chi connectivity index (χ0) is 10.2. The number of pyridine rings is 1. The van der Waals surface area contributed by atoms with Crippen LogP contribution in [0.4, 0.5) is 0 Å². The summed E-state index contributed by atoms with van der Waals surface area (Å²) >= 11 is 1.82. The minimum Gasteiger partial charge on any atom is -0.316 e. The fraction of sp³-hybridized carbons (Fsp3) is 0.545. The van der Waals surface area contributed by atoms with E-state index in [1.807, 2.05) is 30.1 Å². The summed E-state index contributed by atoms with van der Waals surface area (Å²) in [6.07, 6.45) is 3.04. The van der Waals surface area contributed by atoms with E-state index in [-0.39, 0.29) is 0 Å². The molecule has 1 unspecified atom stereocenters. The highest BCUT2D eigenvalue weighted by atomic mass is 32.2. The first-order chi connectivity index (χ1) is 6.83. The van der Waals surface area contributed by atoms with E-state index < -0.39 is 0 Å². The molecule has 0 bridgehead atoms. The Morgan fingerprint density at radius 1 is 1.50 bits per heavy atom. The molecule has 0 fully saturated rings. The maximum Gasteiger partial charge on any atom is 0.0962 e. The number of aromatic nitrogens is 1. The van der Waals surface area contributed by atoms with Crippen molar-refractivity contribution >= 4 is 11.8 Å². The van der Waals surface area contributed by atoms with Gasteiger partial charge in [0.1, 0.15) is 0 Å². The van der Waals surface area contributed by atoms with E-state index in [4.69, 9.17) is 0 Å². The van der Waals surface area contributed by atoms with Crippen molar-refractivity contribution in [2.24, 2.45) is 0 Å². The first-order valence-corrected chi connectivity index (χ1v) is 5.99. The molecule has 14 heavy (non-hydrogen) atoms. The molecule has 1 aromatic rings. The molecule has 0 aromatic carbocycles. The molecule has 0 spiro atoms. The molecular formula is C11H18N2S. The predicted molar refractivity (Wildman–Crippen MR) is 62.7 cm³/mol. The molecule has 0 saturated carbocycles. The summed E-state index contributed by atoms with van der Waals surface area (Å²) in [7, 11) is 0. The summed E-state index contributed by atoms with van der Waals surface area (Å²) in [5.74, 6) is 0. The lowest BCUT2D eigenvalue weighted by Crippen LogP contribution is -2.23. The Morgan fingerprint density at radius 3 is 3.00 bits per heavy atom. The lowest BCUT2D eigenvalue weighted by atomic mass is 10.4. The van der Waals surface area contributed by atoms with Gasteiger partial charge in [0.05, 0.1) is 5.03 Å². The third kappa shape index (κ3) is 4.63. The second kappa shape index (κ2) is 6.85. The van der Waals surface area contributed by atoms with Gasteiger partial charge in [-0.2, -0.15) is 0 Å². The Morgan fingerprint density at radius 2 is 2.36 bits per heavy atom. The zero-order valence-corrected chi connectivity index (χ0v) is 9.68. The smallest absolute Gasteiger partial charge is 0.0962 e. The van der Waals surface area contributed by atoms with Crippen LogP contribution in [0, 0.1) is 0 Å². The minimum atomic E-state index is 0.580. The van der Waals surface area contributed by atoms with Gasteiger partial charge in [0.15, 0.2) is 0 Å². The maximum atomic E-state index is 4.28. The minimum absolute atomic E-state index is 0.580. The molecule has 1 atom stereocenters. The van der Waals surface area contributed by atoms with Crippen molar-refractivity contribution in [1.82, 2.24) is 10.3 Å². The van der Waals surface area contributed by atoms with Gasteiger partial charge in [0.25, 0.3) is 0 Å². The standard InChI is InChI=1S/C11H18N2S/c1-3-7-12-9-10(2)14-11-6-4-5-8-13-11/h4-6,8,10,12H,3,7,9H2,1-2H3. The van der Waals surface area contributed by atoms with Gasteiger partial charge in [0.2, 0.25) is 0 Å². The second-order valence-electron chi connectivity index (χ2n) is 3.30. The molecule has 0 aliphatic heterocycles. The highest BCUT2D eigenvalue weighted by Gasteiger charge is 2.03. The van der Waals surface area contributed by atoms with Crippen molar-refractivity contribution in [2.75, 3.05) is 13.1 Å². The van der Waals surface area contributed by atoms with Gasteiger partial charge in [-0.15, -0.1) is 11.8 Å². The summed E-state index contributed by atoms with van der Waals surface area (Å²) in [5.41, 5.74) is 0. The number of thioether (sulfide) groups is 1. The van der Waals surface area contributed by atoms with Crippen LogP contribution in [0.15, 0.2) is 29.4 Å². The average molecular weight is 210 g/mol. The first kappa shape index (κ1) is 11.5. The van der Waals surface area contributed by atoms with Gasteiger partial charge in [-0.05, 0) is 25.1 Å². The van der Waals surface area contributed by atoms with Crippen molar-refractivity contribution in [2.45, 2.75) is 30.5 Å². The highest BCUT2D eigenvalue weighted by Crippen LogP contribution is 2.19. The third-order valence-corrected chi connectivity index (χ3v) is 2.87. The largest absolute Gasteiger partial charge is 0.316 e.